The highest BCUT2D eigenvalue weighted by atomic mass is 32.2. The molecule has 2 aliphatic rings. The molecule has 1 fully saturated rings. The van der Waals surface area contributed by atoms with Crippen LogP contribution in [0, 0.1) is 11.6 Å². The number of carbonyl (C=O) groups excluding carboxylic acids is 1. The van der Waals surface area contributed by atoms with Gasteiger partial charge in [0.05, 0.1) is 30.0 Å². The van der Waals surface area contributed by atoms with Crippen molar-refractivity contribution in [3.05, 3.63) is 64.3 Å². The third-order valence-corrected chi connectivity index (χ3v) is 11.6. The van der Waals surface area contributed by atoms with E-state index in [9.17, 15) is 26.8 Å². The molecule has 0 spiro atoms. The molecule has 6 rings (SSSR count). The minimum atomic E-state index is -3.70. The van der Waals surface area contributed by atoms with E-state index in [2.05, 4.69) is 29.5 Å². The molecule has 0 saturated heterocycles. The first kappa shape index (κ1) is 36.1. The molecule has 0 unspecified atom stereocenters. The fourth-order valence-electron chi connectivity index (χ4n) is 6.81. The van der Waals surface area contributed by atoms with Crippen LogP contribution in [-0.2, 0) is 37.1 Å². The Hall–Kier alpha value is -3.70. The second-order valence-corrected chi connectivity index (χ2v) is 21.5. The number of ether oxygens (including phenoxy) is 2. The zero-order chi connectivity index (χ0) is 35.8. The van der Waals surface area contributed by atoms with Gasteiger partial charge in [-0.1, -0.05) is 19.6 Å². The second-order valence-electron chi connectivity index (χ2n) is 14.2. The number of carbonyl (C=O) groups is 1. The number of hydrogen-bond acceptors (Lipinski definition) is 10. The largest absolute Gasteiger partial charge is 0.466 e. The fourth-order valence-corrected chi connectivity index (χ4v) is 7.95. The van der Waals surface area contributed by atoms with E-state index in [0.717, 1.165) is 18.5 Å². The average Bonchev–Trinajstić information content (AvgIpc) is 3.41. The minimum absolute atomic E-state index is 0.0551. The summed E-state index contributed by atoms with van der Waals surface area (Å²) >= 11 is 0. The number of nitrogens with zero attached hydrogens (tertiary/aromatic N) is 4. The summed E-state index contributed by atoms with van der Waals surface area (Å²) in [6.45, 7) is 7.65. The van der Waals surface area contributed by atoms with E-state index < -0.39 is 35.5 Å². The van der Waals surface area contributed by atoms with E-state index >= 15 is 0 Å². The Kier molecular flexibility index (Phi) is 10.5. The van der Waals surface area contributed by atoms with Crippen molar-refractivity contribution in [1.82, 2.24) is 14.5 Å². The molecule has 1 aliphatic heterocycles. The maximum absolute atomic E-state index is 14.5. The number of fused-ring (bicyclic) bond motifs is 4. The van der Waals surface area contributed by atoms with Crippen LogP contribution in [-0.4, -0.2) is 81.6 Å². The summed E-state index contributed by atoms with van der Waals surface area (Å²) in [5.41, 5.74) is 1.21. The predicted octanol–water partition coefficient (Wildman–Crippen LogP) is 5.25. The lowest BCUT2D eigenvalue weighted by Gasteiger charge is -2.42. The molecular weight excluding hydrogens is 691 g/mol. The highest BCUT2D eigenvalue weighted by Gasteiger charge is 2.37. The molecule has 50 heavy (non-hydrogen) atoms. The van der Waals surface area contributed by atoms with E-state index in [0.29, 0.717) is 61.1 Å². The van der Waals surface area contributed by atoms with Gasteiger partial charge in [-0.15, -0.1) is 0 Å². The van der Waals surface area contributed by atoms with Crippen molar-refractivity contribution >= 4 is 51.7 Å². The number of halogens is 2. The van der Waals surface area contributed by atoms with Gasteiger partial charge in [0.15, 0.2) is 6.61 Å². The predicted molar refractivity (Wildman–Crippen MR) is 186 cm³/mol. The van der Waals surface area contributed by atoms with Gasteiger partial charge < -0.3 is 23.4 Å². The molecule has 0 atom stereocenters. The van der Waals surface area contributed by atoms with E-state index in [4.69, 9.17) is 18.1 Å². The normalized spacial score (nSPS) is 18.6. The van der Waals surface area contributed by atoms with Crippen LogP contribution in [0.4, 0.5) is 14.5 Å². The lowest BCUT2D eigenvalue weighted by Crippen LogP contribution is -2.50. The zero-order valence-corrected chi connectivity index (χ0v) is 30.4. The Balaban J connectivity index is 1.31. The lowest BCUT2D eigenvalue weighted by atomic mass is 9.88. The molecule has 0 bridgehead atoms. The van der Waals surface area contributed by atoms with Crippen LogP contribution in [0.1, 0.15) is 31.4 Å². The minimum Gasteiger partial charge on any atom is -0.466 e. The third kappa shape index (κ3) is 8.25. The second kappa shape index (κ2) is 14.5. The standard InChI is InChI=1S/C34H42F2N4O8SSi/c1-49(43,44)47-12-11-38(24-6-8-25(9-7-24)40-29-16-23(36)18-37-33(29)46-20-31(40)41)19-26-17-28-32(39(26)21-45-13-14-50(2,3)4)27-15-22(35)5-10-30(27)48-34(28)42/h5,10,15-18,24-25H,6-9,11-14,19-21H2,1-4H3. The van der Waals surface area contributed by atoms with Crippen molar-refractivity contribution in [3.63, 3.8) is 0 Å². The van der Waals surface area contributed by atoms with Crippen molar-refractivity contribution in [1.29, 1.82) is 0 Å². The van der Waals surface area contributed by atoms with Crippen LogP contribution in [0.25, 0.3) is 21.9 Å². The summed E-state index contributed by atoms with van der Waals surface area (Å²) in [6.07, 6.45) is 4.50. The first-order chi connectivity index (χ1) is 23.7. The molecule has 3 aromatic heterocycles. The van der Waals surface area contributed by atoms with E-state index in [-0.39, 0.29) is 61.3 Å². The Morgan fingerprint density at radius 3 is 2.50 bits per heavy atom. The summed E-state index contributed by atoms with van der Waals surface area (Å²) < 4.78 is 76.7. The Morgan fingerprint density at radius 1 is 1.02 bits per heavy atom. The number of hydrogen-bond donors (Lipinski definition) is 0. The molecule has 1 aromatic carbocycles. The van der Waals surface area contributed by atoms with E-state index in [1.54, 1.807) is 11.0 Å². The van der Waals surface area contributed by atoms with Crippen molar-refractivity contribution in [3.8, 4) is 5.88 Å². The van der Waals surface area contributed by atoms with E-state index in [1.807, 2.05) is 4.57 Å². The molecule has 0 N–H and O–H groups in total. The van der Waals surface area contributed by atoms with Crippen molar-refractivity contribution < 1.29 is 40.1 Å². The quantitative estimate of drug-likeness (QED) is 0.0777. The monoisotopic (exact) mass is 732 g/mol. The number of aromatic nitrogens is 2. The van der Waals surface area contributed by atoms with Gasteiger partial charge in [-0.3, -0.25) is 13.9 Å². The molecule has 1 aliphatic carbocycles. The smallest absolute Gasteiger partial charge is 0.345 e. The molecular formula is C34H42F2N4O8SSi. The molecule has 1 amide bonds. The fraction of sp³-hybridized carbons (Fsp3) is 0.500. The Bertz CT molecular complexity index is 2060. The zero-order valence-electron chi connectivity index (χ0n) is 28.6. The molecule has 16 heteroatoms. The van der Waals surface area contributed by atoms with Gasteiger partial charge in [0, 0.05) is 57.0 Å². The van der Waals surface area contributed by atoms with Crippen LogP contribution in [0.5, 0.6) is 5.88 Å². The van der Waals surface area contributed by atoms with Crippen molar-refractivity contribution in [2.75, 3.05) is 37.5 Å². The molecule has 270 valence electrons. The van der Waals surface area contributed by atoms with Crippen LogP contribution in [0.2, 0.25) is 25.7 Å². The highest BCUT2D eigenvalue weighted by molar-refractivity contribution is 7.85. The molecule has 1 saturated carbocycles. The van der Waals surface area contributed by atoms with Gasteiger partial charge >= 0.3 is 5.63 Å². The third-order valence-electron chi connectivity index (χ3n) is 9.27. The number of pyridine rings is 1. The lowest BCUT2D eigenvalue weighted by molar-refractivity contribution is -0.122. The molecule has 4 aromatic rings. The number of amides is 1. The molecule has 12 nitrogen and oxygen atoms in total. The van der Waals surface area contributed by atoms with E-state index in [1.165, 1.54) is 24.3 Å². The number of rotatable bonds is 13. The van der Waals surface area contributed by atoms with Gasteiger partial charge in [-0.25, -0.2) is 18.6 Å². The van der Waals surface area contributed by atoms with Crippen molar-refractivity contribution in [2.45, 2.75) is 76.7 Å². The topological polar surface area (TPSA) is 133 Å². The van der Waals surface area contributed by atoms with Crippen LogP contribution < -0.4 is 15.3 Å². The number of benzene rings is 1. The summed E-state index contributed by atoms with van der Waals surface area (Å²) in [7, 11) is -5.11. The van der Waals surface area contributed by atoms with Crippen LogP contribution in [0.3, 0.4) is 0 Å². The Morgan fingerprint density at radius 2 is 1.78 bits per heavy atom. The maximum atomic E-state index is 14.5. The SMILES string of the molecule is C[Si](C)(C)CCOCn1c(CN(CCOS(C)(=O)=O)C2CCC(N3C(=O)COc4ncc(F)cc43)CC2)cc2c(=O)oc3ccc(F)cc3c21. The summed E-state index contributed by atoms with van der Waals surface area (Å²) in [6, 6.07) is 7.67. The van der Waals surface area contributed by atoms with Gasteiger partial charge in [0.25, 0.3) is 16.0 Å². The average molecular weight is 733 g/mol. The first-order valence-corrected chi connectivity index (χ1v) is 22.2. The Labute approximate surface area is 290 Å². The molecule has 0 radical (unpaired) electrons. The van der Waals surface area contributed by atoms with Gasteiger partial charge in [0.1, 0.15) is 29.6 Å². The molecule has 4 heterocycles. The van der Waals surface area contributed by atoms with Gasteiger partial charge in [0.2, 0.25) is 5.88 Å². The van der Waals surface area contributed by atoms with Crippen LogP contribution >= 0.6 is 0 Å². The maximum Gasteiger partial charge on any atom is 0.345 e. The van der Waals surface area contributed by atoms with Crippen molar-refractivity contribution in [2.24, 2.45) is 0 Å². The van der Waals surface area contributed by atoms with Gasteiger partial charge in [-0.2, -0.15) is 8.42 Å². The van der Waals surface area contributed by atoms with Gasteiger partial charge in [-0.05, 0) is 56.0 Å². The highest BCUT2D eigenvalue weighted by Crippen LogP contribution is 2.37. The summed E-state index contributed by atoms with van der Waals surface area (Å²) in [5, 5.41) is 0.724. The first-order valence-electron chi connectivity index (χ1n) is 16.7. The summed E-state index contributed by atoms with van der Waals surface area (Å²) in [5.74, 6) is -1.10. The van der Waals surface area contributed by atoms with Crippen LogP contribution in [0.15, 0.2) is 45.7 Å². The summed E-state index contributed by atoms with van der Waals surface area (Å²) in [4.78, 5) is 33.9. The number of anilines is 1.